The maximum absolute atomic E-state index is 6.46. The van der Waals surface area contributed by atoms with Crippen LogP contribution in [-0.2, 0) is 9.47 Å². The van der Waals surface area contributed by atoms with E-state index in [1.807, 2.05) is 0 Å². The largest absolute Gasteiger partial charge is 0.347 e. The maximum atomic E-state index is 6.46. The average Bonchev–Trinajstić information content (AvgIpc) is 3.41. The number of unbranched alkanes of at least 4 members (excludes halogenated alkanes) is 25. The highest BCUT2D eigenvalue weighted by Gasteiger charge is 2.34. The van der Waals surface area contributed by atoms with E-state index in [1.165, 1.54) is 193 Å². The second kappa shape index (κ2) is 32.6. The summed E-state index contributed by atoms with van der Waals surface area (Å²) in [6.45, 7) is 5.64. The van der Waals surface area contributed by atoms with Crippen molar-refractivity contribution in [1.29, 1.82) is 0 Å². The first-order chi connectivity index (χ1) is 21.7. The van der Waals surface area contributed by atoms with E-state index in [1.54, 1.807) is 0 Å². The highest BCUT2D eigenvalue weighted by atomic mass is 16.7. The van der Waals surface area contributed by atoms with E-state index in [9.17, 15) is 0 Å². The average molecular weight is 620 g/mol. The van der Waals surface area contributed by atoms with Gasteiger partial charge >= 0.3 is 0 Å². The van der Waals surface area contributed by atoms with E-state index in [0.29, 0.717) is 12.2 Å². The number of nitrogens with zero attached hydrogens (tertiary/aromatic N) is 1. The summed E-state index contributed by atoms with van der Waals surface area (Å²) in [6.07, 6.45) is 47.9. The van der Waals surface area contributed by atoms with Crippen LogP contribution < -0.4 is 0 Å². The molecule has 0 aromatic heterocycles. The molecule has 0 aromatic rings. The predicted octanol–water partition coefficient (Wildman–Crippen LogP) is 13.3. The van der Waals surface area contributed by atoms with E-state index in [-0.39, 0.29) is 6.29 Å². The van der Waals surface area contributed by atoms with Crippen molar-refractivity contribution in [3.63, 3.8) is 0 Å². The zero-order chi connectivity index (χ0) is 31.8. The molecule has 0 bridgehead atoms. The lowest BCUT2D eigenvalue weighted by atomic mass is 9.99. The van der Waals surface area contributed by atoms with Crippen molar-refractivity contribution in [2.75, 3.05) is 20.6 Å². The van der Waals surface area contributed by atoms with Crippen molar-refractivity contribution in [2.45, 2.75) is 231 Å². The molecule has 3 heteroatoms. The Morgan fingerprint density at radius 3 is 1.07 bits per heavy atom. The van der Waals surface area contributed by atoms with E-state index in [2.05, 4.69) is 45.0 Å². The topological polar surface area (TPSA) is 21.7 Å². The summed E-state index contributed by atoms with van der Waals surface area (Å²) in [5.41, 5.74) is 0. The van der Waals surface area contributed by atoms with Crippen LogP contribution in [0.2, 0.25) is 0 Å². The van der Waals surface area contributed by atoms with E-state index < -0.39 is 0 Å². The first kappa shape index (κ1) is 41.6. The molecule has 1 aliphatic heterocycles. The van der Waals surface area contributed by atoms with Crippen LogP contribution >= 0.6 is 0 Å². The van der Waals surface area contributed by atoms with Gasteiger partial charge in [0.1, 0.15) is 0 Å². The third kappa shape index (κ3) is 26.8. The summed E-state index contributed by atoms with van der Waals surface area (Å²) in [5.74, 6) is 0. The molecule has 0 spiro atoms. The Balaban J connectivity index is 2.06. The summed E-state index contributed by atoms with van der Waals surface area (Å²) >= 11 is 0. The Bertz CT molecular complexity index is 591. The molecule has 1 aliphatic rings. The molecule has 3 unspecified atom stereocenters. The van der Waals surface area contributed by atoms with Crippen LogP contribution in [0, 0.1) is 0 Å². The van der Waals surface area contributed by atoms with E-state index in [0.717, 1.165) is 13.0 Å². The minimum atomic E-state index is 0.00636. The summed E-state index contributed by atoms with van der Waals surface area (Å²) in [4.78, 5) is 2.24. The summed E-state index contributed by atoms with van der Waals surface area (Å²) in [6, 6.07) is 0. The van der Waals surface area contributed by atoms with Crippen LogP contribution in [0.3, 0.4) is 0 Å². The van der Waals surface area contributed by atoms with Gasteiger partial charge < -0.3 is 14.4 Å². The standard InChI is InChI=1S/C41H81NO2/c1-5-7-9-11-13-15-17-19-21-23-25-27-29-31-33-35-39-40(44-41(43-39)37-38-42(3)4)36-34-32-30-28-26-24-22-20-18-16-14-12-10-8-6-2/h19,21,39-41H,5-18,20,22-38H2,1-4H3/b21-19+. The smallest absolute Gasteiger partial charge is 0.159 e. The Labute approximate surface area is 278 Å². The molecule has 1 rings (SSSR count). The number of allylic oxidation sites excluding steroid dienone is 2. The molecule has 262 valence electrons. The minimum absolute atomic E-state index is 0.00636. The molecule has 0 radical (unpaired) electrons. The Morgan fingerprint density at radius 1 is 0.409 bits per heavy atom. The highest BCUT2D eigenvalue weighted by Crippen LogP contribution is 2.29. The van der Waals surface area contributed by atoms with Crippen molar-refractivity contribution in [1.82, 2.24) is 4.90 Å². The van der Waals surface area contributed by atoms with Gasteiger partial charge in [0.15, 0.2) is 6.29 Å². The molecule has 3 atom stereocenters. The molecule has 44 heavy (non-hydrogen) atoms. The molecule has 0 amide bonds. The second-order valence-electron chi connectivity index (χ2n) is 14.5. The van der Waals surface area contributed by atoms with Crippen molar-refractivity contribution < 1.29 is 9.47 Å². The normalized spacial score (nSPS) is 18.8. The molecular weight excluding hydrogens is 538 g/mol. The lowest BCUT2D eigenvalue weighted by Crippen LogP contribution is -2.22. The molecular formula is C41H81NO2. The number of ether oxygens (including phenoxy) is 2. The third-order valence-electron chi connectivity index (χ3n) is 9.72. The second-order valence-corrected chi connectivity index (χ2v) is 14.5. The third-order valence-corrected chi connectivity index (χ3v) is 9.72. The van der Waals surface area contributed by atoms with Crippen LogP contribution in [0.5, 0.6) is 0 Å². The molecule has 3 nitrogen and oxygen atoms in total. The number of hydrogen-bond donors (Lipinski definition) is 0. The molecule has 1 fully saturated rings. The molecule has 0 N–H and O–H groups in total. The summed E-state index contributed by atoms with van der Waals surface area (Å²) in [7, 11) is 4.29. The van der Waals surface area contributed by atoms with Gasteiger partial charge in [-0.15, -0.1) is 0 Å². The van der Waals surface area contributed by atoms with Crippen LogP contribution in [0.4, 0.5) is 0 Å². The molecule has 0 aliphatic carbocycles. The van der Waals surface area contributed by atoms with Gasteiger partial charge in [-0.25, -0.2) is 0 Å². The first-order valence-electron chi connectivity index (χ1n) is 20.3. The molecule has 1 heterocycles. The van der Waals surface area contributed by atoms with Gasteiger partial charge in [0, 0.05) is 13.0 Å². The number of rotatable bonds is 34. The Hall–Kier alpha value is -0.380. The van der Waals surface area contributed by atoms with Crippen molar-refractivity contribution in [2.24, 2.45) is 0 Å². The van der Waals surface area contributed by atoms with Crippen LogP contribution in [0.1, 0.15) is 213 Å². The quantitative estimate of drug-likeness (QED) is 0.0528. The first-order valence-corrected chi connectivity index (χ1v) is 20.3. The zero-order valence-corrected chi connectivity index (χ0v) is 30.8. The Morgan fingerprint density at radius 2 is 0.727 bits per heavy atom. The van der Waals surface area contributed by atoms with Gasteiger partial charge in [-0.1, -0.05) is 180 Å². The van der Waals surface area contributed by atoms with Crippen molar-refractivity contribution in [3.8, 4) is 0 Å². The van der Waals surface area contributed by atoms with Crippen molar-refractivity contribution >= 4 is 0 Å². The molecule has 0 saturated carbocycles. The van der Waals surface area contributed by atoms with Gasteiger partial charge in [0.05, 0.1) is 12.2 Å². The molecule has 0 aromatic carbocycles. The SMILES string of the molecule is CCCCCCCC/C=C/CCCCCCCC1OC(CCN(C)C)OC1CCCCCCCCCCCCCCCCC. The fourth-order valence-corrected chi connectivity index (χ4v) is 6.74. The van der Waals surface area contributed by atoms with Gasteiger partial charge in [-0.2, -0.15) is 0 Å². The molecule has 1 saturated heterocycles. The van der Waals surface area contributed by atoms with Crippen molar-refractivity contribution in [3.05, 3.63) is 12.2 Å². The van der Waals surface area contributed by atoms with E-state index >= 15 is 0 Å². The maximum Gasteiger partial charge on any atom is 0.159 e. The zero-order valence-electron chi connectivity index (χ0n) is 30.8. The Kier molecular flexibility index (Phi) is 30.8. The minimum Gasteiger partial charge on any atom is -0.347 e. The lowest BCUT2D eigenvalue weighted by Gasteiger charge is -2.16. The summed E-state index contributed by atoms with van der Waals surface area (Å²) < 4.78 is 12.9. The fraction of sp³-hybridized carbons (Fsp3) is 0.951. The van der Waals surface area contributed by atoms with Gasteiger partial charge in [-0.3, -0.25) is 0 Å². The predicted molar refractivity (Wildman–Crippen MR) is 196 cm³/mol. The lowest BCUT2D eigenvalue weighted by molar-refractivity contribution is -0.0743. The highest BCUT2D eigenvalue weighted by molar-refractivity contribution is 4.81. The number of hydrogen-bond acceptors (Lipinski definition) is 3. The summed E-state index contributed by atoms with van der Waals surface area (Å²) in [5, 5.41) is 0. The van der Waals surface area contributed by atoms with Crippen LogP contribution in [0.15, 0.2) is 12.2 Å². The van der Waals surface area contributed by atoms with Gasteiger partial charge in [0.25, 0.3) is 0 Å². The monoisotopic (exact) mass is 620 g/mol. The fourth-order valence-electron chi connectivity index (χ4n) is 6.74. The van der Waals surface area contributed by atoms with Gasteiger partial charge in [-0.05, 0) is 52.6 Å². The van der Waals surface area contributed by atoms with E-state index in [4.69, 9.17) is 9.47 Å². The van der Waals surface area contributed by atoms with Crippen LogP contribution in [-0.4, -0.2) is 44.0 Å². The van der Waals surface area contributed by atoms with Gasteiger partial charge in [0.2, 0.25) is 0 Å². The van der Waals surface area contributed by atoms with Crippen LogP contribution in [0.25, 0.3) is 0 Å².